The molecule has 94 valence electrons. The van der Waals surface area contributed by atoms with Crippen molar-refractivity contribution in [2.75, 3.05) is 12.0 Å². The molecule has 3 unspecified atom stereocenters. The van der Waals surface area contributed by atoms with E-state index < -0.39 is 9.84 Å². The number of nitrogens with one attached hydrogen (secondary N) is 1. The largest absolute Gasteiger partial charge is 0.322 e. The lowest BCUT2D eigenvalue weighted by Gasteiger charge is -2.27. The van der Waals surface area contributed by atoms with Crippen LogP contribution in [-0.4, -0.2) is 49.5 Å². The highest BCUT2D eigenvalue weighted by Gasteiger charge is 2.38. The fourth-order valence-corrected chi connectivity index (χ4v) is 3.26. The third-order valence-corrected chi connectivity index (χ3v) is 3.93. The summed E-state index contributed by atoms with van der Waals surface area (Å²) in [4.78, 5) is 13.6. The van der Waals surface area contributed by atoms with Gasteiger partial charge in [-0.2, -0.15) is 0 Å². The Morgan fingerprint density at radius 3 is 2.44 bits per heavy atom. The smallest absolute Gasteiger partial charge is 0.241 e. The van der Waals surface area contributed by atoms with E-state index in [4.69, 9.17) is 0 Å². The van der Waals surface area contributed by atoms with Gasteiger partial charge in [-0.05, 0) is 20.3 Å². The van der Waals surface area contributed by atoms with Crippen LogP contribution in [0.4, 0.5) is 0 Å². The molecule has 3 atom stereocenters. The molecule has 1 aliphatic heterocycles. The zero-order chi connectivity index (χ0) is 12.5. The van der Waals surface area contributed by atoms with E-state index in [1.165, 1.54) is 6.26 Å². The number of nitrogens with zero attached hydrogens (tertiary/aromatic N) is 1. The van der Waals surface area contributed by atoms with E-state index in [2.05, 4.69) is 5.32 Å². The fourth-order valence-electron chi connectivity index (χ4n) is 2.22. The highest BCUT2D eigenvalue weighted by atomic mass is 32.2. The van der Waals surface area contributed by atoms with Gasteiger partial charge in [-0.1, -0.05) is 6.92 Å². The van der Waals surface area contributed by atoms with Crippen molar-refractivity contribution in [3.8, 4) is 0 Å². The van der Waals surface area contributed by atoms with Gasteiger partial charge in [0.1, 0.15) is 9.84 Å². The Morgan fingerprint density at radius 1 is 1.50 bits per heavy atom. The molecular weight excluding hydrogens is 228 g/mol. The molecule has 1 heterocycles. The minimum absolute atomic E-state index is 0.00569. The summed E-state index contributed by atoms with van der Waals surface area (Å²) >= 11 is 0. The summed E-state index contributed by atoms with van der Waals surface area (Å²) in [5.74, 6) is 0.0208. The van der Waals surface area contributed by atoms with Crippen LogP contribution in [0.3, 0.4) is 0 Å². The van der Waals surface area contributed by atoms with Crippen molar-refractivity contribution >= 4 is 15.7 Å². The van der Waals surface area contributed by atoms with Gasteiger partial charge in [0, 0.05) is 12.3 Å². The number of hydrogen-bond donors (Lipinski definition) is 1. The second kappa shape index (κ2) is 4.71. The molecule has 6 heteroatoms. The molecule has 0 saturated carbocycles. The Labute approximate surface area is 97.1 Å². The van der Waals surface area contributed by atoms with E-state index in [1.54, 1.807) is 11.8 Å². The van der Waals surface area contributed by atoms with Crippen LogP contribution >= 0.6 is 0 Å². The molecule has 0 aromatic carbocycles. The van der Waals surface area contributed by atoms with E-state index in [1.807, 2.05) is 13.8 Å². The summed E-state index contributed by atoms with van der Waals surface area (Å²) < 4.78 is 22.4. The molecule has 1 amide bonds. The molecule has 0 bridgehead atoms. The zero-order valence-corrected chi connectivity index (χ0v) is 11.0. The van der Waals surface area contributed by atoms with E-state index in [0.717, 1.165) is 6.42 Å². The average Bonchev–Trinajstić information content (AvgIpc) is 2.38. The van der Waals surface area contributed by atoms with E-state index >= 15 is 0 Å². The third-order valence-electron chi connectivity index (χ3n) is 2.84. The Morgan fingerprint density at radius 2 is 2.06 bits per heavy atom. The number of carbonyl (C=O) groups excluding carboxylic acids is 1. The molecule has 16 heavy (non-hydrogen) atoms. The summed E-state index contributed by atoms with van der Waals surface area (Å²) in [6.07, 6.45) is 1.83. The van der Waals surface area contributed by atoms with Crippen molar-refractivity contribution in [1.29, 1.82) is 0 Å². The number of sulfone groups is 1. The summed E-state index contributed by atoms with van der Waals surface area (Å²) in [6.45, 7) is 5.59. The molecule has 0 spiro atoms. The number of carbonyl (C=O) groups is 1. The summed E-state index contributed by atoms with van der Waals surface area (Å²) in [6, 6.07) is -0.446. The van der Waals surface area contributed by atoms with Crippen molar-refractivity contribution in [2.24, 2.45) is 0 Å². The molecule has 0 aromatic heterocycles. The minimum atomic E-state index is -3.05. The SMILES string of the molecule is CCC1NC(C)N(C(C)CS(C)(=O)=O)C1=O. The monoisotopic (exact) mass is 248 g/mol. The van der Waals surface area contributed by atoms with Gasteiger partial charge in [0.25, 0.3) is 0 Å². The van der Waals surface area contributed by atoms with Crippen LogP contribution < -0.4 is 5.32 Å². The molecule has 0 radical (unpaired) electrons. The van der Waals surface area contributed by atoms with Gasteiger partial charge in [-0.15, -0.1) is 0 Å². The fraction of sp³-hybridized carbons (Fsp3) is 0.900. The topological polar surface area (TPSA) is 66.5 Å². The quantitative estimate of drug-likeness (QED) is 0.759. The van der Waals surface area contributed by atoms with Crippen LogP contribution in [0.5, 0.6) is 0 Å². The maximum absolute atomic E-state index is 11.9. The van der Waals surface area contributed by atoms with Crippen LogP contribution in [0.1, 0.15) is 27.2 Å². The number of rotatable bonds is 4. The predicted molar refractivity (Wildman–Crippen MR) is 62.7 cm³/mol. The molecule has 1 aliphatic rings. The van der Waals surface area contributed by atoms with Gasteiger partial charge in [-0.25, -0.2) is 8.42 Å². The first-order valence-corrected chi connectivity index (χ1v) is 7.58. The molecule has 1 saturated heterocycles. The van der Waals surface area contributed by atoms with E-state index in [-0.39, 0.29) is 29.9 Å². The first-order chi connectivity index (χ1) is 7.26. The lowest BCUT2D eigenvalue weighted by molar-refractivity contribution is -0.131. The Balaban J connectivity index is 2.77. The molecule has 0 aromatic rings. The maximum Gasteiger partial charge on any atom is 0.241 e. The van der Waals surface area contributed by atoms with Gasteiger partial charge in [0.2, 0.25) is 5.91 Å². The second-order valence-electron chi connectivity index (χ2n) is 4.49. The molecule has 1 rings (SSSR count). The second-order valence-corrected chi connectivity index (χ2v) is 6.68. The van der Waals surface area contributed by atoms with Gasteiger partial charge < -0.3 is 4.90 Å². The molecule has 1 fully saturated rings. The van der Waals surface area contributed by atoms with Gasteiger partial charge in [0.15, 0.2) is 0 Å². The first-order valence-electron chi connectivity index (χ1n) is 5.52. The van der Waals surface area contributed by atoms with Crippen LogP contribution in [0.15, 0.2) is 0 Å². The predicted octanol–water partition coefficient (Wildman–Crippen LogP) is -0.0241. The number of amides is 1. The van der Waals surface area contributed by atoms with Crippen molar-refractivity contribution in [3.05, 3.63) is 0 Å². The Bertz CT molecular complexity index is 366. The lowest BCUT2D eigenvalue weighted by Crippen LogP contribution is -2.44. The highest BCUT2D eigenvalue weighted by Crippen LogP contribution is 2.17. The molecule has 1 N–H and O–H groups in total. The maximum atomic E-state index is 11.9. The Hall–Kier alpha value is -0.620. The summed E-state index contributed by atoms with van der Waals surface area (Å²) in [5.41, 5.74) is 0. The van der Waals surface area contributed by atoms with E-state index in [9.17, 15) is 13.2 Å². The van der Waals surface area contributed by atoms with Crippen LogP contribution in [0.25, 0.3) is 0 Å². The van der Waals surface area contributed by atoms with Crippen LogP contribution in [-0.2, 0) is 14.6 Å². The lowest BCUT2D eigenvalue weighted by atomic mass is 10.2. The number of hydrogen-bond acceptors (Lipinski definition) is 4. The van der Waals surface area contributed by atoms with Crippen LogP contribution in [0.2, 0.25) is 0 Å². The summed E-state index contributed by atoms with van der Waals surface area (Å²) in [5, 5.41) is 3.15. The van der Waals surface area contributed by atoms with Gasteiger partial charge >= 0.3 is 0 Å². The summed E-state index contributed by atoms with van der Waals surface area (Å²) in [7, 11) is -3.05. The first kappa shape index (κ1) is 13.4. The van der Waals surface area contributed by atoms with Gasteiger partial charge in [-0.3, -0.25) is 10.1 Å². The van der Waals surface area contributed by atoms with Gasteiger partial charge in [0.05, 0.1) is 18.0 Å². The van der Waals surface area contributed by atoms with Crippen molar-refractivity contribution in [3.63, 3.8) is 0 Å². The van der Waals surface area contributed by atoms with Crippen molar-refractivity contribution < 1.29 is 13.2 Å². The van der Waals surface area contributed by atoms with Crippen molar-refractivity contribution in [2.45, 2.75) is 45.4 Å². The molecule has 0 aliphatic carbocycles. The van der Waals surface area contributed by atoms with E-state index in [0.29, 0.717) is 0 Å². The Kier molecular flexibility index (Phi) is 3.96. The van der Waals surface area contributed by atoms with Crippen LogP contribution in [0, 0.1) is 0 Å². The van der Waals surface area contributed by atoms with Crippen molar-refractivity contribution in [1.82, 2.24) is 10.2 Å². The molecule has 5 nitrogen and oxygen atoms in total. The minimum Gasteiger partial charge on any atom is -0.322 e. The third kappa shape index (κ3) is 2.95. The standard InChI is InChI=1S/C10H20N2O3S/c1-5-9-10(13)12(8(3)11-9)7(2)6-16(4,14)15/h7-9,11H,5-6H2,1-4H3. The highest BCUT2D eigenvalue weighted by molar-refractivity contribution is 7.90. The average molecular weight is 248 g/mol. The molecular formula is C10H20N2O3S. The zero-order valence-electron chi connectivity index (χ0n) is 10.2. The normalized spacial score (nSPS) is 28.5.